The first kappa shape index (κ1) is 17.1. The van der Waals surface area contributed by atoms with Crippen molar-refractivity contribution in [3.63, 3.8) is 0 Å². The Labute approximate surface area is 164 Å². The maximum Gasteiger partial charge on any atom is 0.262 e. The molecule has 5 rings (SSSR count). The zero-order valence-corrected chi connectivity index (χ0v) is 15.1. The number of ether oxygens (including phenoxy) is 1. The highest BCUT2D eigenvalue weighted by Gasteiger charge is 2.19. The van der Waals surface area contributed by atoms with Crippen molar-refractivity contribution < 1.29 is 14.6 Å². The molecule has 4 aromatic heterocycles. The highest BCUT2D eigenvalue weighted by Crippen LogP contribution is 2.31. The van der Waals surface area contributed by atoms with Crippen LogP contribution in [-0.2, 0) is 11.3 Å². The van der Waals surface area contributed by atoms with E-state index in [2.05, 4.69) is 30.7 Å². The van der Waals surface area contributed by atoms with Crippen LogP contribution in [0.15, 0.2) is 43.2 Å². The SMILES string of the molecule is O=C1COc2ncc(-c3cn4ccnc4c(Nc4cnn(CCO)c4)n3)cc2N1. The number of nitrogens with one attached hydrogen (secondary N) is 2. The molecule has 0 aromatic carbocycles. The number of aliphatic hydroxyl groups is 1. The number of aliphatic hydroxyl groups excluding tert-OH is 1. The predicted molar refractivity (Wildman–Crippen MR) is 103 cm³/mol. The highest BCUT2D eigenvalue weighted by atomic mass is 16.5. The van der Waals surface area contributed by atoms with E-state index in [0.717, 1.165) is 5.69 Å². The van der Waals surface area contributed by atoms with Crippen LogP contribution in [0.25, 0.3) is 16.9 Å². The Morgan fingerprint density at radius 1 is 1.28 bits per heavy atom. The molecule has 11 heteroatoms. The van der Waals surface area contributed by atoms with Crippen molar-refractivity contribution in [1.82, 2.24) is 29.1 Å². The van der Waals surface area contributed by atoms with E-state index in [-0.39, 0.29) is 19.1 Å². The second kappa shape index (κ2) is 6.87. The fourth-order valence-electron chi connectivity index (χ4n) is 3.06. The molecule has 1 aliphatic heterocycles. The third-order valence-corrected chi connectivity index (χ3v) is 4.36. The third kappa shape index (κ3) is 3.23. The molecule has 1 amide bonds. The largest absolute Gasteiger partial charge is 0.466 e. The van der Waals surface area contributed by atoms with Gasteiger partial charge in [0.1, 0.15) is 5.69 Å². The van der Waals surface area contributed by atoms with Gasteiger partial charge in [0, 0.05) is 36.5 Å². The Balaban J connectivity index is 1.53. The highest BCUT2D eigenvalue weighted by molar-refractivity contribution is 5.95. The van der Waals surface area contributed by atoms with E-state index in [4.69, 9.17) is 9.84 Å². The number of carbonyl (C=O) groups is 1. The minimum Gasteiger partial charge on any atom is -0.466 e. The van der Waals surface area contributed by atoms with Gasteiger partial charge in [0.15, 0.2) is 18.1 Å². The maximum absolute atomic E-state index is 11.6. The van der Waals surface area contributed by atoms with E-state index in [1.54, 1.807) is 35.5 Å². The Morgan fingerprint density at radius 2 is 2.21 bits per heavy atom. The molecule has 0 radical (unpaired) electrons. The standard InChI is InChI=1S/C18H16N8O3/c27-4-3-26-8-12(7-21-26)22-16-17-19-1-2-25(17)9-14(24-16)11-5-13-18(20-6-11)29-10-15(28)23-13/h1-2,5-9,27H,3-4,10H2,(H,22,24)(H,23,28). The summed E-state index contributed by atoms with van der Waals surface area (Å²) in [5.74, 6) is 0.692. The molecule has 3 N–H and O–H groups in total. The molecule has 0 spiro atoms. The van der Waals surface area contributed by atoms with Gasteiger partial charge < -0.3 is 24.9 Å². The Bertz CT molecular complexity index is 1220. The molecule has 0 aliphatic carbocycles. The van der Waals surface area contributed by atoms with Crippen molar-refractivity contribution >= 4 is 28.7 Å². The Hall–Kier alpha value is -3.99. The lowest BCUT2D eigenvalue weighted by Gasteiger charge is -2.17. The number of fused-ring (bicyclic) bond motifs is 2. The van der Waals surface area contributed by atoms with E-state index in [0.29, 0.717) is 40.8 Å². The molecule has 0 fully saturated rings. The first-order valence-corrected chi connectivity index (χ1v) is 8.87. The van der Waals surface area contributed by atoms with Crippen molar-refractivity contribution in [2.45, 2.75) is 6.54 Å². The first-order chi connectivity index (χ1) is 14.2. The second-order valence-corrected chi connectivity index (χ2v) is 6.39. The fraction of sp³-hybridized carbons (Fsp3) is 0.167. The monoisotopic (exact) mass is 392 g/mol. The van der Waals surface area contributed by atoms with Crippen LogP contribution in [0.3, 0.4) is 0 Å². The van der Waals surface area contributed by atoms with Crippen LogP contribution in [0, 0.1) is 0 Å². The summed E-state index contributed by atoms with van der Waals surface area (Å²) < 4.78 is 8.79. The van der Waals surface area contributed by atoms with Gasteiger partial charge in [0.05, 0.1) is 30.7 Å². The van der Waals surface area contributed by atoms with Crippen LogP contribution in [-0.4, -0.2) is 53.4 Å². The quantitative estimate of drug-likeness (QED) is 0.459. The molecular weight excluding hydrogens is 376 g/mol. The third-order valence-electron chi connectivity index (χ3n) is 4.36. The number of amides is 1. The number of hydrogen-bond donors (Lipinski definition) is 3. The topological polar surface area (TPSA) is 131 Å². The van der Waals surface area contributed by atoms with Crippen molar-refractivity contribution in [3.05, 3.63) is 43.2 Å². The van der Waals surface area contributed by atoms with Crippen LogP contribution >= 0.6 is 0 Å². The van der Waals surface area contributed by atoms with Gasteiger partial charge in [-0.15, -0.1) is 0 Å². The van der Waals surface area contributed by atoms with E-state index in [1.807, 2.05) is 16.8 Å². The van der Waals surface area contributed by atoms with Crippen LogP contribution < -0.4 is 15.4 Å². The minimum atomic E-state index is -0.225. The summed E-state index contributed by atoms with van der Waals surface area (Å²) in [7, 11) is 0. The van der Waals surface area contributed by atoms with Gasteiger partial charge in [-0.2, -0.15) is 5.10 Å². The van der Waals surface area contributed by atoms with Gasteiger partial charge in [-0.1, -0.05) is 0 Å². The maximum atomic E-state index is 11.6. The number of imidazole rings is 1. The van der Waals surface area contributed by atoms with Crippen LogP contribution in [0.2, 0.25) is 0 Å². The van der Waals surface area contributed by atoms with Gasteiger partial charge in [-0.25, -0.2) is 15.0 Å². The smallest absolute Gasteiger partial charge is 0.262 e. The number of anilines is 3. The van der Waals surface area contributed by atoms with E-state index >= 15 is 0 Å². The average Bonchev–Trinajstić information content (AvgIpc) is 3.37. The molecule has 0 saturated heterocycles. The molecule has 0 saturated carbocycles. The molecule has 4 aromatic rings. The van der Waals surface area contributed by atoms with Crippen molar-refractivity contribution in [2.24, 2.45) is 0 Å². The fourth-order valence-corrected chi connectivity index (χ4v) is 3.06. The minimum absolute atomic E-state index is 0.00490. The number of rotatable bonds is 5. The Morgan fingerprint density at radius 3 is 3.10 bits per heavy atom. The van der Waals surface area contributed by atoms with Crippen LogP contribution in [0.1, 0.15) is 0 Å². The number of carbonyl (C=O) groups excluding carboxylic acids is 1. The van der Waals surface area contributed by atoms with Gasteiger partial charge >= 0.3 is 0 Å². The Kier molecular flexibility index (Phi) is 4.06. The summed E-state index contributed by atoms with van der Waals surface area (Å²) in [5, 5.41) is 19.2. The van der Waals surface area contributed by atoms with Gasteiger partial charge in [0.25, 0.3) is 5.91 Å². The first-order valence-electron chi connectivity index (χ1n) is 8.87. The zero-order valence-electron chi connectivity index (χ0n) is 15.1. The molecule has 29 heavy (non-hydrogen) atoms. The molecular formula is C18H16N8O3. The van der Waals surface area contributed by atoms with Crippen molar-refractivity contribution in [2.75, 3.05) is 23.8 Å². The number of pyridine rings is 1. The molecule has 11 nitrogen and oxygen atoms in total. The second-order valence-electron chi connectivity index (χ2n) is 6.39. The molecule has 0 atom stereocenters. The summed E-state index contributed by atoms with van der Waals surface area (Å²) in [4.78, 5) is 24.9. The number of hydrogen-bond acceptors (Lipinski definition) is 8. The van der Waals surface area contributed by atoms with Gasteiger partial charge in [-0.05, 0) is 6.07 Å². The molecule has 0 bridgehead atoms. The van der Waals surface area contributed by atoms with Gasteiger partial charge in [0.2, 0.25) is 5.88 Å². The van der Waals surface area contributed by atoms with E-state index in [1.165, 1.54) is 0 Å². The van der Waals surface area contributed by atoms with E-state index < -0.39 is 0 Å². The van der Waals surface area contributed by atoms with Crippen LogP contribution in [0.4, 0.5) is 17.2 Å². The summed E-state index contributed by atoms with van der Waals surface area (Å²) in [6.07, 6.45) is 10.4. The summed E-state index contributed by atoms with van der Waals surface area (Å²) in [6, 6.07) is 1.77. The summed E-state index contributed by atoms with van der Waals surface area (Å²) in [5.41, 5.74) is 3.22. The average molecular weight is 392 g/mol. The number of nitrogens with zero attached hydrogens (tertiary/aromatic N) is 6. The predicted octanol–water partition coefficient (Wildman–Crippen LogP) is 1.05. The number of aromatic nitrogens is 6. The molecule has 5 heterocycles. The summed E-state index contributed by atoms with van der Waals surface area (Å²) in [6.45, 7) is 0.365. The lowest BCUT2D eigenvalue weighted by atomic mass is 10.2. The lowest BCUT2D eigenvalue weighted by molar-refractivity contribution is -0.118. The van der Waals surface area contributed by atoms with Crippen LogP contribution in [0.5, 0.6) is 5.88 Å². The van der Waals surface area contributed by atoms with Crippen molar-refractivity contribution in [1.29, 1.82) is 0 Å². The molecule has 0 unspecified atom stereocenters. The normalized spacial score (nSPS) is 13.1. The lowest BCUT2D eigenvalue weighted by Crippen LogP contribution is -2.25. The van der Waals surface area contributed by atoms with Crippen molar-refractivity contribution in [3.8, 4) is 17.1 Å². The zero-order chi connectivity index (χ0) is 19.8. The summed E-state index contributed by atoms with van der Waals surface area (Å²) >= 11 is 0. The van der Waals surface area contributed by atoms with E-state index in [9.17, 15) is 4.79 Å². The molecule has 146 valence electrons. The van der Waals surface area contributed by atoms with Gasteiger partial charge in [-0.3, -0.25) is 9.48 Å². The molecule has 1 aliphatic rings.